The van der Waals surface area contributed by atoms with E-state index in [-0.39, 0.29) is 46.9 Å². The van der Waals surface area contributed by atoms with Gasteiger partial charge in [-0.3, -0.25) is 4.57 Å². The molecule has 2 aromatic rings. The molecule has 0 saturated carbocycles. The van der Waals surface area contributed by atoms with Crippen molar-refractivity contribution < 1.29 is 33.3 Å². The van der Waals surface area contributed by atoms with Gasteiger partial charge in [-0.05, 0) is 30.2 Å². The Balaban J connectivity index is 1.55. The average Bonchev–Trinajstić information content (AvgIpc) is 3.44. The molecule has 2 fully saturated rings. The Morgan fingerprint density at radius 2 is 1.76 bits per heavy atom. The van der Waals surface area contributed by atoms with Crippen molar-refractivity contribution in [3.05, 3.63) is 22.8 Å². The van der Waals surface area contributed by atoms with Crippen LogP contribution >= 0.6 is 11.6 Å². The van der Waals surface area contributed by atoms with Crippen molar-refractivity contribution in [3.8, 4) is 5.88 Å². The number of pyridine rings is 1. The zero-order valence-electron chi connectivity index (χ0n) is 23.7. The first-order chi connectivity index (χ1) is 17.6. The first kappa shape index (κ1) is 29.5. The Labute approximate surface area is 231 Å². The van der Waals surface area contributed by atoms with Gasteiger partial charge in [0.25, 0.3) is 0 Å². The maximum Gasteiger partial charge on any atom is 0.338 e. The molecule has 0 radical (unpaired) electrons. The molecule has 4 atom stereocenters. The number of ether oxygens (including phenoxy) is 4. The van der Waals surface area contributed by atoms with Crippen LogP contribution in [0.3, 0.4) is 0 Å². The van der Waals surface area contributed by atoms with Crippen molar-refractivity contribution in [1.82, 2.24) is 9.55 Å². The quantitative estimate of drug-likeness (QED) is 0.218. The number of hydrogen-bond acceptors (Lipinski definition) is 7. The predicted octanol–water partition coefficient (Wildman–Crippen LogP) is 5.64. The van der Waals surface area contributed by atoms with Gasteiger partial charge in [-0.15, -0.1) is 0 Å². The van der Waals surface area contributed by atoms with E-state index in [1.54, 1.807) is 10.6 Å². The molecular weight excluding hydrogens is 544 g/mol. The van der Waals surface area contributed by atoms with Crippen molar-refractivity contribution >= 4 is 45.0 Å². The second-order valence-corrected chi connectivity index (χ2v) is 23.7. The topological polar surface area (TPSA) is 101 Å². The third-order valence-corrected chi connectivity index (χ3v) is 14.2. The fourth-order valence-corrected chi connectivity index (χ4v) is 6.68. The van der Waals surface area contributed by atoms with E-state index >= 15 is 0 Å². The number of hydrogen-bond donors (Lipinski definition) is 1. The minimum absolute atomic E-state index is 0.0673. The molecule has 0 aliphatic carbocycles. The van der Waals surface area contributed by atoms with Gasteiger partial charge >= 0.3 is 5.97 Å². The molecule has 2 saturated heterocycles. The number of aromatic nitrogens is 2. The summed E-state index contributed by atoms with van der Waals surface area (Å²) in [7, 11) is -3.27. The van der Waals surface area contributed by atoms with Crippen LogP contribution in [0, 0.1) is 0 Å². The molecule has 2 aromatic heterocycles. The van der Waals surface area contributed by atoms with Gasteiger partial charge in [0.2, 0.25) is 0 Å². The smallest absolute Gasteiger partial charge is 0.338 e. The summed E-state index contributed by atoms with van der Waals surface area (Å²) in [6.07, 6.45) is -0.961. The van der Waals surface area contributed by atoms with Gasteiger partial charge in [-0.1, -0.05) is 52.0 Å². The van der Waals surface area contributed by atoms with Gasteiger partial charge in [0, 0.05) is 20.7 Å². The summed E-state index contributed by atoms with van der Waals surface area (Å²) in [6, 6.07) is 4.29. The van der Waals surface area contributed by atoms with E-state index in [0.717, 1.165) is 6.04 Å². The van der Waals surface area contributed by atoms with Gasteiger partial charge in [0.15, 0.2) is 20.3 Å². The molecule has 212 valence electrons. The second-order valence-electron chi connectivity index (χ2n) is 13.0. The van der Waals surface area contributed by atoms with E-state index in [9.17, 15) is 9.90 Å². The van der Waals surface area contributed by atoms with Crippen molar-refractivity contribution in [2.75, 3.05) is 19.8 Å². The van der Waals surface area contributed by atoms with E-state index < -0.39 is 22.4 Å². The summed E-state index contributed by atoms with van der Waals surface area (Å²) in [4.78, 5) is 16.0. The summed E-state index contributed by atoms with van der Waals surface area (Å²) in [6.45, 7) is 19.6. The highest BCUT2D eigenvalue weighted by Gasteiger charge is 2.52. The Morgan fingerprint density at radius 1 is 1.13 bits per heavy atom. The fraction of sp³-hybridized carbons (Fsp3) is 0.692. The Morgan fingerprint density at radius 3 is 2.37 bits per heavy atom. The molecule has 0 unspecified atom stereocenters. The second kappa shape index (κ2) is 10.8. The van der Waals surface area contributed by atoms with Gasteiger partial charge in [-0.2, -0.15) is 0 Å². The zero-order valence-corrected chi connectivity index (χ0v) is 26.4. The Hall–Kier alpha value is -1.48. The Bertz CT molecular complexity index is 1180. The highest BCUT2D eigenvalue weighted by Crippen LogP contribution is 2.41. The predicted molar refractivity (Wildman–Crippen MR) is 152 cm³/mol. The van der Waals surface area contributed by atoms with Crippen LogP contribution in [0.4, 0.5) is 0 Å². The highest BCUT2D eigenvalue weighted by molar-refractivity contribution is 6.76. The number of fused-ring (bicyclic) bond motifs is 2. The normalized spacial score (nSPS) is 24.2. The number of carboxylic acids is 1. The van der Waals surface area contributed by atoms with Crippen molar-refractivity contribution in [1.29, 1.82) is 0 Å². The van der Waals surface area contributed by atoms with Crippen LogP contribution in [0.15, 0.2) is 12.1 Å². The van der Waals surface area contributed by atoms with Crippen LogP contribution in [-0.2, 0) is 25.4 Å². The summed E-state index contributed by atoms with van der Waals surface area (Å²) in [5.41, 5.74) is 1.05. The summed E-state index contributed by atoms with van der Waals surface area (Å²) in [5, 5.41) is 9.60. The van der Waals surface area contributed by atoms with E-state index in [1.807, 2.05) is 0 Å². The Kier molecular flexibility index (Phi) is 8.41. The van der Waals surface area contributed by atoms with E-state index in [0.29, 0.717) is 36.7 Å². The number of halogens is 1. The molecule has 0 amide bonds. The SMILES string of the molecule is CC(C)(C)[Si](C)(C)O[C@@H]1CO[C@H]2[C@@H]1OC[C@H]2Oc1cc2nc(Cl)c(C(=O)O)cc2n1COCC[Si](C)(C)C. The van der Waals surface area contributed by atoms with Crippen molar-refractivity contribution in [2.45, 2.75) is 95.7 Å². The fourth-order valence-electron chi connectivity index (χ4n) is 4.39. The molecule has 2 aliphatic rings. The third kappa shape index (κ3) is 6.29. The number of carbonyl (C=O) groups is 1. The molecule has 4 heterocycles. The van der Waals surface area contributed by atoms with Crippen LogP contribution in [0.5, 0.6) is 5.88 Å². The van der Waals surface area contributed by atoms with Crippen LogP contribution < -0.4 is 4.74 Å². The monoisotopic (exact) mass is 584 g/mol. The van der Waals surface area contributed by atoms with Crippen molar-refractivity contribution in [3.63, 3.8) is 0 Å². The lowest BCUT2D eigenvalue weighted by molar-refractivity contribution is 0.00859. The molecule has 4 rings (SSSR count). The highest BCUT2D eigenvalue weighted by atomic mass is 35.5. The third-order valence-electron chi connectivity index (χ3n) is 7.74. The molecule has 12 heteroatoms. The molecule has 0 spiro atoms. The maximum atomic E-state index is 11.7. The van der Waals surface area contributed by atoms with E-state index in [2.05, 4.69) is 58.5 Å². The average molecular weight is 585 g/mol. The van der Waals surface area contributed by atoms with Crippen LogP contribution in [0.1, 0.15) is 31.1 Å². The summed E-state index contributed by atoms with van der Waals surface area (Å²) >= 11 is 6.16. The van der Waals surface area contributed by atoms with E-state index in [4.69, 9.17) is 35.0 Å². The maximum absolute atomic E-state index is 11.7. The zero-order chi connectivity index (χ0) is 28.0. The largest absolute Gasteiger partial charge is 0.478 e. The van der Waals surface area contributed by atoms with Gasteiger partial charge in [0.1, 0.15) is 24.1 Å². The number of rotatable bonds is 10. The molecule has 38 heavy (non-hydrogen) atoms. The standard InChI is InChI=1S/C26H41ClN2O7Si2/c1-26(2,3)38(7,8)36-20-14-34-22-19(13-33-23(20)22)35-21-12-17-18(11-16(25(30)31)24(27)28-17)29(21)15-32-9-10-37(4,5)6/h11-12,19-20,22-23H,9-10,13-15H2,1-8H3,(H,30,31)/t19-,20-,22-,23-/m1/s1. The van der Waals surface area contributed by atoms with Crippen LogP contribution in [0.25, 0.3) is 11.0 Å². The van der Waals surface area contributed by atoms with Gasteiger partial charge < -0.3 is 28.5 Å². The van der Waals surface area contributed by atoms with Crippen molar-refractivity contribution in [2.24, 2.45) is 0 Å². The van der Waals surface area contributed by atoms with Gasteiger partial charge in [0.05, 0.1) is 35.9 Å². The lowest BCUT2D eigenvalue weighted by atomic mass is 10.1. The molecule has 1 N–H and O–H groups in total. The summed E-state index contributed by atoms with van der Waals surface area (Å²) < 4.78 is 33.2. The number of carboxylic acid groups (broad SMARTS) is 1. The van der Waals surface area contributed by atoms with Gasteiger partial charge in [-0.25, -0.2) is 9.78 Å². The van der Waals surface area contributed by atoms with Crippen LogP contribution in [-0.4, -0.2) is 81.3 Å². The first-order valence-corrected chi connectivity index (χ1v) is 20.2. The lowest BCUT2D eigenvalue weighted by Gasteiger charge is -2.39. The minimum Gasteiger partial charge on any atom is -0.478 e. The molecule has 2 aliphatic heterocycles. The van der Waals surface area contributed by atoms with E-state index in [1.165, 1.54) is 6.07 Å². The summed E-state index contributed by atoms with van der Waals surface area (Å²) in [5.74, 6) is -0.635. The number of aromatic carboxylic acids is 1. The molecule has 9 nitrogen and oxygen atoms in total. The molecule has 0 aromatic carbocycles. The molecule has 0 bridgehead atoms. The minimum atomic E-state index is -2.00. The van der Waals surface area contributed by atoms with Crippen LogP contribution in [0.2, 0.25) is 49.0 Å². The first-order valence-electron chi connectivity index (χ1n) is 13.2. The lowest BCUT2D eigenvalue weighted by Crippen LogP contribution is -2.47. The molecular formula is C26H41ClN2O7Si2. The number of nitrogens with zero attached hydrogens (tertiary/aromatic N) is 2.